The molecular weight excluding hydrogens is 345 g/mol. The van der Waals surface area contributed by atoms with Crippen molar-refractivity contribution in [2.24, 2.45) is 0 Å². The minimum atomic E-state index is -0.111. The summed E-state index contributed by atoms with van der Waals surface area (Å²) in [6, 6.07) is 5.17. The number of carbonyl (C=O) groups is 1. The Morgan fingerprint density at radius 3 is 2.67 bits per heavy atom. The van der Waals surface area contributed by atoms with Gasteiger partial charge in [0.15, 0.2) is 0 Å². The fourth-order valence-electron chi connectivity index (χ4n) is 2.07. The molecular formula is C13H16INO3. The number of amides is 1. The van der Waals surface area contributed by atoms with E-state index in [1.807, 2.05) is 22.6 Å². The molecule has 0 aliphatic heterocycles. The van der Waals surface area contributed by atoms with E-state index >= 15 is 0 Å². The molecule has 1 aliphatic rings. The maximum absolute atomic E-state index is 12.3. The SMILES string of the molecule is O=C(c1ccc(I)c(O)c1)N(CCO)C1CCC1. The van der Waals surface area contributed by atoms with Crippen LogP contribution in [0.3, 0.4) is 0 Å². The number of phenols is 1. The van der Waals surface area contributed by atoms with E-state index in [0.717, 1.165) is 22.8 Å². The normalized spacial score (nSPS) is 15.2. The average molecular weight is 361 g/mol. The van der Waals surface area contributed by atoms with E-state index in [2.05, 4.69) is 0 Å². The quantitative estimate of drug-likeness (QED) is 0.807. The molecule has 4 nitrogen and oxygen atoms in total. The molecule has 1 aromatic rings. The Morgan fingerprint density at radius 1 is 1.44 bits per heavy atom. The van der Waals surface area contributed by atoms with Crippen LogP contribution in [0.15, 0.2) is 18.2 Å². The number of hydrogen-bond acceptors (Lipinski definition) is 3. The van der Waals surface area contributed by atoms with Gasteiger partial charge < -0.3 is 15.1 Å². The van der Waals surface area contributed by atoms with E-state index in [0.29, 0.717) is 12.1 Å². The van der Waals surface area contributed by atoms with Crippen molar-refractivity contribution in [3.63, 3.8) is 0 Å². The molecule has 1 saturated carbocycles. The Balaban J connectivity index is 2.18. The second-order valence-corrected chi connectivity index (χ2v) is 5.64. The van der Waals surface area contributed by atoms with Gasteiger partial charge >= 0.3 is 0 Å². The average Bonchev–Trinajstić information content (AvgIpc) is 2.29. The molecule has 0 atom stereocenters. The first-order valence-electron chi connectivity index (χ1n) is 6.04. The third-order valence-electron chi connectivity index (χ3n) is 3.31. The highest BCUT2D eigenvalue weighted by Crippen LogP contribution is 2.27. The second kappa shape index (κ2) is 5.88. The van der Waals surface area contributed by atoms with E-state index in [4.69, 9.17) is 5.11 Å². The molecule has 0 saturated heterocycles. The van der Waals surface area contributed by atoms with E-state index in [1.165, 1.54) is 6.07 Å². The highest BCUT2D eigenvalue weighted by Gasteiger charge is 2.29. The van der Waals surface area contributed by atoms with Crippen molar-refractivity contribution >= 4 is 28.5 Å². The Kier molecular flexibility index (Phi) is 4.45. The third kappa shape index (κ3) is 2.77. The van der Waals surface area contributed by atoms with Crippen molar-refractivity contribution in [3.8, 4) is 5.75 Å². The summed E-state index contributed by atoms with van der Waals surface area (Å²) in [4.78, 5) is 14.0. The number of carbonyl (C=O) groups excluding carboxylic acids is 1. The van der Waals surface area contributed by atoms with Gasteiger partial charge in [0.2, 0.25) is 0 Å². The van der Waals surface area contributed by atoms with Crippen LogP contribution in [0, 0.1) is 3.57 Å². The maximum atomic E-state index is 12.3. The molecule has 2 N–H and O–H groups in total. The molecule has 1 amide bonds. The summed E-state index contributed by atoms with van der Waals surface area (Å²) >= 11 is 2.02. The molecule has 1 aliphatic carbocycles. The van der Waals surface area contributed by atoms with E-state index in [1.54, 1.807) is 17.0 Å². The number of rotatable bonds is 4. The van der Waals surface area contributed by atoms with Crippen LogP contribution >= 0.6 is 22.6 Å². The maximum Gasteiger partial charge on any atom is 0.254 e. The zero-order valence-corrected chi connectivity index (χ0v) is 12.1. The van der Waals surface area contributed by atoms with E-state index in [-0.39, 0.29) is 24.3 Å². The summed E-state index contributed by atoms with van der Waals surface area (Å²) in [5, 5.41) is 18.7. The van der Waals surface area contributed by atoms with Crippen molar-refractivity contribution in [2.45, 2.75) is 25.3 Å². The van der Waals surface area contributed by atoms with Gasteiger partial charge in [-0.1, -0.05) is 0 Å². The van der Waals surface area contributed by atoms with Gasteiger partial charge in [-0.15, -0.1) is 0 Å². The minimum Gasteiger partial charge on any atom is -0.507 e. The zero-order valence-electron chi connectivity index (χ0n) is 9.97. The number of phenolic OH excluding ortho intramolecular Hbond substituents is 1. The lowest BCUT2D eigenvalue weighted by Crippen LogP contribution is -2.45. The van der Waals surface area contributed by atoms with Gasteiger partial charge in [0.05, 0.1) is 10.2 Å². The molecule has 5 heteroatoms. The summed E-state index contributed by atoms with van der Waals surface area (Å²) in [6.07, 6.45) is 3.14. The van der Waals surface area contributed by atoms with Gasteiger partial charge in [0.1, 0.15) is 5.75 Å². The van der Waals surface area contributed by atoms with E-state index < -0.39 is 0 Å². The van der Waals surface area contributed by atoms with Crippen molar-refractivity contribution < 1.29 is 15.0 Å². The lowest BCUT2D eigenvalue weighted by atomic mass is 9.91. The number of aromatic hydroxyl groups is 1. The standard InChI is InChI=1S/C13H16INO3/c14-11-5-4-9(8-12(11)17)13(18)15(6-7-16)10-2-1-3-10/h4-5,8,10,16-17H,1-3,6-7H2. The number of aliphatic hydroxyl groups is 1. The minimum absolute atomic E-state index is 0.0292. The predicted octanol–water partition coefficient (Wildman–Crippen LogP) is 1.98. The molecule has 0 unspecified atom stereocenters. The van der Waals surface area contributed by atoms with Gasteiger partial charge in [-0.25, -0.2) is 0 Å². The molecule has 1 aromatic carbocycles. The molecule has 98 valence electrons. The van der Waals surface area contributed by atoms with Crippen LogP contribution in [-0.4, -0.2) is 40.2 Å². The first kappa shape index (κ1) is 13.6. The van der Waals surface area contributed by atoms with Crippen molar-refractivity contribution in [2.75, 3.05) is 13.2 Å². The molecule has 0 aromatic heterocycles. The van der Waals surface area contributed by atoms with Gasteiger partial charge in [-0.05, 0) is 60.1 Å². The van der Waals surface area contributed by atoms with E-state index in [9.17, 15) is 9.90 Å². The fourth-order valence-corrected chi connectivity index (χ4v) is 2.40. The van der Waals surface area contributed by atoms with Gasteiger partial charge in [0.25, 0.3) is 5.91 Å². The molecule has 2 rings (SSSR count). The Labute approximate surface area is 120 Å². The highest BCUT2D eigenvalue weighted by atomic mass is 127. The third-order valence-corrected chi connectivity index (χ3v) is 4.22. The topological polar surface area (TPSA) is 60.8 Å². The summed E-state index contributed by atoms with van der Waals surface area (Å²) in [5.74, 6) is 0.0134. The zero-order chi connectivity index (χ0) is 13.1. The summed E-state index contributed by atoms with van der Waals surface area (Å²) in [6.45, 7) is 0.328. The van der Waals surface area contributed by atoms with Crippen LogP contribution in [0.5, 0.6) is 5.75 Å². The van der Waals surface area contributed by atoms with Crippen molar-refractivity contribution in [1.29, 1.82) is 0 Å². The lowest BCUT2D eigenvalue weighted by molar-refractivity contribution is 0.0525. The van der Waals surface area contributed by atoms with Crippen LogP contribution < -0.4 is 0 Å². The number of hydrogen-bond donors (Lipinski definition) is 2. The summed E-state index contributed by atoms with van der Waals surface area (Å²) in [7, 11) is 0. The molecule has 0 heterocycles. The molecule has 0 spiro atoms. The van der Waals surface area contributed by atoms with Gasteiger partial charge in [-0.2, -0.15) is 0 Å². The Morgan fingerprint density at radius 2 is 2.17 bits per heavy atom. The predicted molar refractivity (Wildman–Crippen MR) is 76.6 cm³/mol. The van der Waals surface area contributed by atoms with Crippen LogP contribution in [0.4, 0.5) is 0 Å². The van der Waals surface area contributed by atoms with Crippen LogP contribution in [0.2, 0.25) is 0 Å². The van der Waals surface area contributed by atoms with Crippen molar-refractivity contribution in [1.82, 2.24) is 4.90 Å². The highest BCUT2D eigenvalue weighted by molar-refractivity contribution is 14.1. The molecule has 0 bridgehead atoms. The molecule has 1 fully saturated rings. The second-order valence-electron chi connectivity index (χ2n) is 4.47. The molecule has 0 radical (unpaired) electrons. The van der Waals surface area contributed by atoms with Crippen LogP contribution in [-0.2, 0) is 0 Å². The lowest BCUT2D eigenvalue weighted by Gasteiger charge is -2.37. The van der Waals surface area contributed by atoms with Gasteiger partial charge in [-0.3, -0.25) is 4.79 Å². The number of nitrogens with zero attached hydrogens (tertiary/aromatic N) is 1. The smallest absolute Gasteiger partial charge is 0.254 e. The largest absolute Gasteiger partial charge is 0.507 e. The first-order chi connectivity index (χ1) is 8.63. The summed E-state index contributed by atoms with van der Waals surface area (Å²) < 4.78 is 0.724. The number of aliphatic hydroxyl groups excluding tert-OH is 1. The first-order valence-corrected chi connectivity index (χ1v) is 7.11. The molecule has 18 heavy (non-hydrogen) atoms. The van der Waals surface area contributed by atoms with Crippen molar-refractivity contribution in [3.05, 3.63) is 27.3 Å². The van der Waals surface area contributed by atoms with Crippen LogP contribution in [0.1, 0.15) is 29.6 Å². The van der Waals surface area contributed by atoms with Gasteiger partial charge in [0, 0.05) is 18.2 Å². The van der Waals surface area contributed by atoms with Crippen LogP contribution in [0.25, 0.3) is 0 Å². The number of benzene rings is 1. The Bertz CT molecular complexity index is 446. The fraction of sp³-hybridized carbons (Fsp3) is 0.462. The number of halogens is 1. The summed E-state index contributed by atoms with van der Waals surface area (Å²) in [5.41, 5.74) is 0.480. The Hall–Kier alpha value is -0.820. The monoisotopic (exact) mass is 361 g/mol.